The minimum absolute atomic E-state index is 0.158. The first-order valence-electron chi connectivity index (χ1n) is 5.77. The number of carbonyl (C=O) groups is 1. The molecule has 1 aliphatic carbocycles. The number of hydrogen-bond acceptors (Lipinski definition) is 5. The van der Waals surface area contributed by atoms with E-state index in [1.807, 2.05) is 0 Å². The van der Waals surface area contributed by atoms with Crippen molar-refractivity contribution in [3.05, 3.63) is 29.3 Å². The lowest BCUT2D eigenvalue weighted by atomic mass is 10.1. The van der Waals surface area contributed by atoms with Crippen molar-refractivity contribution < 1.29 is 19.5 Å². The standard InChI is InChI=1S/C11H15BN2O4/c13-6-7-5-9(18-12(16)17)3-4-10(7)11(15)14-8-1-2-8/h3-5,8,16-17H,1-2,6,13H2,(H,14,15). The van der Waals surface area contributed by atoms with Crippen LogP contribution in [-0.4, -0.2) is 29.3 Å². The molecular weight excluding hydrogens is 235 g/mol. The van der Waals surface area contributed by atoms with E-state index < -0.39 is 7.32 Å². The van der Waals surface area contributed by atoms with Gasteiger partial charge in [0.1, 0.15) is 5.75 Å². The van der Waals surface area contributed by atoms with Crippen LogP contribution in [0.3, 0.4) is 0 Å². The second kappa shape index (κ2) is 5.39. The van der Waals surface area contributed by atoms with Gasteiger partial charge in [0.2, 0.25) is 0 Å². The van der Waals surface area contributed by atoms with Crippen LogP contribution < -0.4 is 15.7 Å². The van der Waals surface area contributed by atoms with Gasteiger partial charge in [0.05, 0.1) is 0 Å². The van der Waals surface area contributed by atoms with E-state index in [1.165, 1.54) is 12.1 Å². The predicted molar refractivity (Wildman–Crippen MR) is 65.6 cm³/mol. The quantitative estimate of drug-likeness (QED) is 0.521. The van der Waals surface area contributed by atoms with Crippen molar-refractivity contribution in [2.45, 2.75) is 25.4 Å². The summed E-state index contributed by atoms with van der Waals surface area (Å²) < 4.78 is 4.71. The van der Waals surface area contributed by atoms with Crippen molar-refractivity contribution >= 4 is 13.2 Å². The van der Waals surface area contributed by atoms with Gasteiger partial charge >= 0.3 is 7.32 Å². The highest BCUT2D eigenvalue weighted by Crippen LogP contribution is 2.22. The Morgan fingerprint density at radius 2 is 2.22 bits per heavy atom. The summed E-state index contributed by atoms with van der Waals surface area (Å²) in [4.78, 5) is 11.9. The molecular formula is C11H15BN2O4. The summed E-state index contributed by atoms with van der Waals surface area (Å²) >= 11 is 0. The number of hydrogen-bond donors (Lipinski definition) is 4. The second-order valence-corrected chi connectivity index (χ2v) is 4.21. The molecule has 96 valence electrons. The molecule has 1 aromatic rings. The van der Waals surface area contributed by atoms with Gasteiger partial charge in [-0.15, -0.1) is 0 Å². The van der Waals surface area contributed by atoms with E-state index in [2.05, 4.69) is 5.32 Å². The van der Waals surface area contributed by atoms with Gasteiger partial charge in [-0.3, -0.25) is 4.79 Å². The van der Waals surface area contributed by atoms with E-state index >= 15 is 0 Å². The Labute approximate surface area is 105 Å². The van der Waals surface area contributed by atoms with Crippen LogP contribution >= 0.6 is 0 Å². The fourth-order valence-electron chi connectivity index (χ4n) is 1.65. The molecule has 1 saturated carbocycles. The topological polar surface area (TPSA) is 105 Å². The third kappa shape index (κ3) is 3.22. The van der Waals surface area contributed by atoms with Gasteiger partial charge < -0.3 is 25.8 Å². The summed E-state index contributed by atoms with van der Waals surface area (Å²) in [7, 11) is -1.89. The highest BCUT2D eigenvalue weighted by Gasteiger charge is 2.25. The summed E-state index contributed by atoms with van der Waals surface area (Å²) in [6, 6.07) is 4.87. The molecule has 0 aromatic heterocycles. The molecule has 1 aromatic carbocycles. The van der Waals surface area contributed by atoms with Gasteiger partial charge in [0, 0.05) is 18.2 Å². The van der Waals surface area contributed by atoms with E-state index in [-0.39, 0.29) is 24.2 Å². The van der Waals surface area contributed by atoms with Crippen molar-refractivity contribution in [1.29, 1.82) is 0 Å². The van der Waals surface area contributed by atoms with Crippen LogP contribution in [-0.2, 0) is 6.54 Å². The van der Waals surface area contributed by atoms with Gasteiger partial charge in [-0.1, -0.05) is 0 Å². The van der Waals surface area contributed by atoms with E-state index in [0.29, 0.717) is 11.1 Å². The van der Waals surface area contributed by atoms with Crippen LogP contribution in [0.5, 0.6) is 5.75 Å². The first kappa shape index (κ1) is 12.9. The highest BCUT2D eigenvalue weighted by atomic mass is 16.6. The van der Waals surface area contributed by atoms with Crippen molar-refractivity contribution in [3.63, 3.8) is 0 Å². The van der Waals surface area contributed by atoms with Gasteiger partial charge in [-0.2, -0.15) is 0 Å². The van der Waals surface area contributed by atoms with E-state index in [1.54, 1.807) is 6.07 Å². The second-order valence-electron chi connectivity index (χ2n) is 4.21. The first-order chi connectivity index (χ1) is 8.60. The molecule has 6 nitrogen and oxygen atoms in total. The third-order valence-corrected chi connectivity index (χ3v) is 2.70. The van der Waals surface area contributed by atoms with Crippen LogP contribution in [0.2, 0.25) is 0 Å². The smallest absolute Gasteiger partial charge is 0.512 e. The summed E-state index contributed by atoms with van der Waals surface area (Å²) in [5.74, 6) is 0.0995. The van der Waals surface area contributed by atoms with Crippen LogP contribution in [0.1, 0.15) is 28.8 Å². The maximum absolute atomic E-state index is 11.9. The lowest BCUT2D eigenvalue weighted by Gasteiger charge is -2.11. The number of rotatable bonds is 5. The minimum atomic E-state index is -1.89. The summed E-state index contributed by atoms with van der Waals surface area (Å²) in [6.45, 7) is 0.173. The van der Waals surface area contributed by atoms with Crippen LogP contribution in [0.4, 0.5) is 0 Å². The predicted octanol–water partition coefficient (Wildman–Crippen LogP) is -0.614. The number of benzene rings is 1. The lowest BCUT2D eigenvalue weighted by Crippen LogP contribution is -2.27. The zero-order valence-corrected chi connectivity index (χ0v) is 9.80. The normalized spacial score (nSPS) is 14.2. The largest absolute Gasteiger partial charge is 0.707 e. The molecule has 2 rings (SSSR count). The molecule has 18 heavy (non-hydrogen) atoms. The molecule has 7 heteroatoms. The monoisotopic (exact) mass is 250 g/mol. The summed E-state index contributed by atoms with van der Waals surface area (Å²) in [5.41, 5.74) is 6.67. The number of amides is 1. The molecule has 0 spiro atoms. The summed E-state index contributed by atoms with van der Waals surface area (Å²) in [5, 5.41) is 20.3. The van der Waals surface area contributed by atoms with Gasteiger partial charge in [-0.25, -0.2) is 0 Å². The van der Waals surface area contributed by atoms with Gasteiger partial charge in [0.25, 0.3) is 5.91 Å². The Kier molecular flexibility index (Phi) is 3.85. The Morgan fingerprint density at radius 3 is 2.78 bits per heavy atom. The molecule has 1 amide bonds. The van der Waals surface area contributed by atoms with Crippen LogP contribution in [0, 0.1) is 0 Å². The summed E-state index contributed by atoms with van der Waals surface area (Å²) in [6.07, 6.45) is 2.03. The molecule has 1 fully saturated rings. The Morgan fingerprint density at radius 1 is 1.50 bits per heavy atom. The highest BCUT2D eigenvalue weighted by molar-refractivity contribution is 6.33. The maximum atomic E-state index is 11.9. The zero-order chi connectivity index (χ0) is 13.1. The Bertz CT molecular complexity index is 449. The van der Waals surface area contributed by atoms with E-state index in [0.717, 1.165) is 12.8 Å². The maximum Gasteiger partial charge on any atom is 0.707 e. The fraction of sp³-hybridized carbons (Fsp3) is 0.364. The average molecular weight is 250 g/mol. The number of nitrogens with one attached hydrogen (secondary N) is 1. The van der Waals surface area contributed by atoms with Crippen molar-refractivity contribution in [3.8, 4) is 5.75 Å². The molecule has 1 aliphatic rings. The molecule has 0 aliphatic heterocycles. The molecule has 0 heterocycles. The first-order valence-corrected chi connectivity index (χ1v) is 5.77. The number of carbonyl (C=O) groups excluding carboxylic acids is 1. The van der Waals surface area contributed by atoms with E-state index in [4.69, 9.17) is 20.4 Å². The Balaban J connectivity index is 2.16. The molecule has 0 saturated heterocycles. The van der Waals surface area contributed by atoms with Gasteiger partial charge in [0.15, 0.2) is 0 Å². The lowest BCUT2D eigenvalue weighted by molar-refractivity contribution is 0.0950. The van der Waals surface area contributed by atoms with Crippen molar-refractivity contribution in [1.82, 2.24) is 5.32 Å². The SMILES string of the molecule is NCc1cc(OB(O)O)ccc1C(=O)NC1CC1. The molecule has 0 bridgehead atoms. The Hall–Kier alpha value is -1.57. The van der Waals surface area contributed by atoms with E-state index in [9.17, 15) is 4.79 Å². The van der Waals surface area contributed by atoms with Crippen LogP contribution in [0.15, 0.2) is 18.2 Å². The third-order valence-electron chi connectivity index (χ3n) is 2.70. The zero-order valence-electron chi connectivity index (χ0n) is 9.80. The van der Waals surface area contributed by atoms with Crippen molar-refractivity contribution in [2.24, 2.45) is 5.73 Å². The molecule has 0 unspecified atom stereocenters. The average Bonchev–Trinajstić information content (AvgIpc) is 3.11. The van der Waals surface area contributed by atoms with Gasteiger partial charge in [-0.05, 0) is 36.6 Å². The molecule has 5 N–H and O–H groups in total. The van der Waals surface area contributed by atoms with Crippen LogP contribution in [0.25, 0.3) is 0 Å². The molecule has 0 atom stereocenters. The fourth-order valence-corrected chi connectivity index (χ4v) is 1.65. The van der Waals surface area contributed by atoms with Crippen molar-refractivity contribution in [2.75, 3.05) is 0 Å². The number of nitrogens with two attached hydrogens (primary N) is 1. The minimum Gasteiger partial charge on any atom is -0.512 e. The molecule has 0 radical (unpaired) electrons.